The third kappa shape index (κ3) is 4.06. The molecule has 0 unspecified atom stereocenters. The molecule has 0 aromatic heterocycles. The van der Waals surface area contributed by atoms with E-state index in [1.807, 2.05) is 0 Å². The van der Waals surface area contributed by atoms with Gasteiger partial charge in [-0.1, -0.05) is 0 Å². The van der Waals surface area contributed by atoms with E-state index < -0.39 is 23.7 Å². The maximum Gasteiger partial charge on any atom is 0.303 e. The number of aliphatic carboxylic acids is 1. The molecule has 0 fully saturated rings. The quantitative estimate of drug-likeness (QED) is 0.573. The summed E-state index contributed by atoms with van der Waals surface area (Å²) in [6, 6.07) is 0. The van der Waals surface area contributed by atoms with Crippen molar-refractivity contribution in [3.05, 3.63) is 12.2 Å². The summed E-state index contributed by atoms with van der Waals surface area (Å²) in [6.45, 7) is 0.209. The van der Waals surface area contributed by atoms with Crippen LogP contribution in [0.1, 0.15) is 12.8 Å². The Balaban J connectivity index is 2.20. The van der Waals surface area contributed by atoms with E-state index in [1.54, 1.807) is 0 Å². The molecule has 0 radical (unpaired) electrons. The number of carbonyl (C=O) groups is 4. The molecule has 2 N–H and O–H groups in total. The van der Waals surface area contributed by atoms with Crippen LogP contribution in [0.4, 0.5) is 0 Å². The van der Waals surface area contributed by atoms with E-state index in [-0.39, 0.29) is 25.9 Å². The van der Waals surface area contributed by atoms with Crippen LogP contribution in [0, 0.1) is 0 Å². The van der Waals surface area contributed by atoms with Crippen molar-refractivity contribution in [3.63, 3.8) is 0 Å². The van der Waals surface area contributed by atoms with E-state index in [9.17, 15) is 19.2 Å². The Morgan fingerprint density at radius 1 is 1.18 bits per heavy atom. The average molecular weight is 240 g/mol. The fourth-order valence-corrected chi connectivity index (χ4v) is 1.27. The van der Waals surface area contributed by atoms with Crippen molar-refractivity contribution in [3.8, 4) is 0 Å². The zero-order valence-corrected chi connectivity index (χ0v) is 9.01. The van der Waals surface area contributed by atoms with Crippen LogP contribution in [0.3, 0.4) is 0 Å². The summed E-state index contributed by atoms with van der Waals surface area (Å²) in [5.74, 6) is -2.28. The van der Waals surface area contributed by atoms with Crippen molar-refractivity contribution < 1.29 is 24.3 Å². The first-order chi connectivity index (χ1) is 8.00. The van der Waals surface area contributed by atoms with Crippen LogP contribution < -0.4 is 5.32 Å². The standard InChI is InChI=1S/C10H12N2O5/c13-7(1-4-10(16)17)11-5-6-12-8(14)2-3-9(12)15/h2-3H,1,4-6H2,(H,11,13)(H,16,17). The Hall–Kier alpha value is -2.18. The maximum absolute atomic E-state index is 11.1. The molecule has 0 saturated carbocycles. The van der Waals surface area contributed by atoms with E-state index in [0.717, 1.165) is 17.1 Å². The Labute approximate surface area is 97.1 Å². The molecule has 0 aliphatic carbocycles. The lowest BCUT2D eigenvalue weighted by Gasteiger charge is -2.13. The third-order valence-electron chi connectivity index (χ3n) is 2.12. The van der Waals surface area contributed by atoms with Gasteiger partial charge in [0.2, 0.25) is 5.91 Å². The molecule has 92 valence electrons. The molecule has 3 amide bonds. The Kier molecular flexibility index (Phi) is 4.38. The van der Waals surface area contributed by atoms with Gasteiger partial charge in [0, 0.05) is 31.7 Å². The minimum absolute atomic E-state index is 0.0868. The highest BCUT2D eigenvalue weighted by Crippen LogP contribution is 2.01. The van der Waals surface area contributed by atoms with Crippen LogP contribution in [-0.2, 0) is 19.2 Å². The van der Waals surface area contributed by atoms with E-state index in [2.05, 4.69) is 5.32 Å². The van der Waals surface area contributed by atoms with Crippen LogP contribution in [0.15, 0.2) is 12.2 Å². The average Bonchev–Trinajstić information content (AvgIpc) is 2.57. The van der Waals surface area contributed by atoms with Crippen LogP contribution in [0.25, 0.3) is 0 Å². The summed E-state index contributed by atoms with van der Waals surface area (Å²) in [7, 11) is 0. The van der Waals surface area contributed by atoms with Crippen LogP contribution in [-0.4, -0.2) is 46.8 Å². The maximum atomic E-state index is 11.1. The van der Waals surface area contributed by atoms with Crippen molar-refractivity contribution in [2.75, 3.05) is 13.1 Å². The predicted molar refractivity (Wildman–Crippen MR) is 55.7 cm³/mol. The van der Waals surface area contributed by atoms with Crippen molar-refractivity contribution in [2.24, 2.45) is 0 Å². The lowest BCUT2D eigenvalue weighted by atomic mass is 10.3. The van der Waals surface area contributed by atoms with Crippen molar-refractivity contribution in [2.45, 2.75) is 12.8 Å². The number of hydrogen-bond donors (Lipinski definition) is 2. The van der Waals surface area contributed by atoms with Crippen molar-refractivity contribution in [1.29, 1.82) is 0 Å². The van der Waals surface area contributed by atoms with Crippen LogP contribution in [0.5, 0.6) is 0 Å². The number of imide groups is 1. The summed E-state index contributed by atoms with van der Waals surface area (Å²) < 4.78 is 0. The molecule has 0 bridgehead atoms. The molecule has 1 aliphatic heterocycles. The number of rotatable bonds is 6. The summed E-state index contributed by atoms with van der Waals surface area (Å²) in [6.07, 6.45) is 1.97. The molecule has 17 heavy (non-hydrogen) atoms. The second-order valence-corrected chi connectivity index (χ2v) is 3.41. The molecule has 0 saturated heterocycles. The molecule has 7 heteroatoms. The fourth-order valence-electron chi connectivity index (χ4n) is 1.27. The first-order valence-electron chi connectivity index (χ1n) is 5.02. The zero-order valence-electron chi connectivity index (χ0n) is 9.01. The first-order valence-corrected chi connectivity index (χ1v) is 5.02. The zero-order chi connectivity index (χ0) is 12.8. The molecular formula is C10H12N2O5. The number of carboxylic acid groups (broad SMARTS) is 1. The summed E-state index contributed by atoms with van der Waals surface area (Å²) in [5.41, 5.74) is 0. The lowest BCUT2D eigenvalue weighted by molar-refractivity contribution is -0.138. The normalized spacial score (nSPS) is 14.2. The highest BCUT2D eigenvalue weighted by molar-refractivity contribution is 6.12. The van der Waals surface area contributed by atoms with E-state index >= 15 is 0 Å². The highest BCUT2D eigenvalue weighted by atomic mass is 16.4. The molecular weight excluding hydrogens is 228 g/mol. The van der Waals surface area contributed by atoms with E-state index in [4.69, 9.17) is 5.11 Å². The lowest BCUT2D eigenvalue weighted by Crippen LogP contribution is -2.38. The minimum Gasteiger partial charge on any atom is -0.481 e. The second kappa shape index (κ2) is 5.78. The number of amides is 3. The molecule has 0 aromatic rings. The smallest absolute Gasteiger partial charge is 0.303 e. The van der Waals surface area contributed by atoms with Gasteiger partial charge in [0.05, 0.1) is 6.42 Å². The number of carbonyl (C=O) groups excluding carboxylic acids is 3. The topological polar surface area (TPSA) is 104 Å². The summed E-state index contributed by atoms with van der Waals surface area (Å²) in [5, 5.41) is 10.8. The van der Waals surface area contributed by atoms with Gasteiger partial charge >= 0.3 is 5.97 Å². The molecule has 7 nitrogen and oxygen atoms in total. The predicted octanol–water partition coefficient (Wildman–Crippen LogP) is -1.11. The molecule has 0 atom stereocenters. The van der Waals surface area contributed by atoms with Gasteiger partial charge in [0.25, 0.3) is 11.8 Å². The molecule has 0 spiro atoms. The Morgan fingerprint density at radius 3 is 2.29 bits per heavy atom. The van der Waals surface area contributed by atoms with Gasteiger partial charge in [-0.25, -0.2) is 0 Å². The van der Waals surface area contributed by atoms with Gasteiger partial charge in [0.1, 0.15) is 0 Å². The Bertz CT molecular complexity index is 370. The van der Waals surface area contributed by atoms with Gasteiger partial charge in [-0.2, -0.15) is 0 Å². The van der Waals surface area contributed by atoms with Crippen LogP contribution >= 0.6 is 0 Å². The summed E-state index contributed by atoms with van der Waals surface area (Å²) in [4.78, 5) is 44.5. The number of nitrogens with zero attached hydrogens (tertiary/aromatic N) is 1. The second-order valence-electron chi connectivity index (χ2n) is 3.41. The first kappa shape index (κ1) is 12.9. The van der Waals surface area contributed by atoms with Crippen molar-refractivity contribution in [1.82, 2.24) is 10.2 Å². The SMILES string of the molecule is O=C(O)CCC(=O)NCCN1C(=O)C=CC1=O. The number of hydrogen-bond acceptors (Lipinski definition) is 4. The molecule has 0 aromatic carbocycles. The van der Waals surface area contributed by atoms with E-state index in [1.165, 1.54) is 0 Å². The molecule has 1 aliphatic rings. The Morgan fingerprint density at radius 2 is 1.76 bits per heavy atom. The summed E-state index contributed by atoms with van der Waals surface area (Å²) >= 11 is 0. The van der Waals surface area contributed by atoms with Crippen molar-refractivity contribution >= 4 is 23.7 Å². The number of nitrogens with one attached hydrogen (secondary N) is 1. The largest absolute Gasteiger partial charge is 0.481 e. The monoisotopic (exact) mass is 240 g/mol. The van der Waals surface area contributed by atoms with E-state index in [0.29, 0.717) is 0 Å². The van der Waals surface area contributed by atoms with Gasteiger partial charge in [-0.3, -0.25) is 24.1 Å². The molecule has 1 rings (SSSR count). The van der Waals surface area contributed by atoms with Gasteiger partial charge in [-0.15, -0.1) is 0 Å². The van der Waals surface area contributed by atoms with Gasteiger partial charge in [-0.05, 0) is 0 Å². The number of carboxylic acids is 1. The van der Waals surface area contributed by atoms with Gasteiger partial charge < -0.3 is 10.4 Å². The van der Waals surface area contributed by atoms with Crippen LogP contribution in [0.2, 0.25) is 0 Å². The van der Waals surface area contributed by atoms with Gasteiger partial charge in [0.15, 0.2) is 0 Å². The molecule has 1 heterocycles. The highest BCUT2D eigenvalue weighted by Gasteiger charge is 2.22. The fraction of sp³-hybridized carbons (Fsp3) is 0.400. The third-order valence-corrected chi connectivity index (χ3v) is 2.12. The minimum atomic E-state index is -1.05.